The van der Waals surface area contributed by atoms with Gasteiger partial charge in [-0.1, -0.05) is 30.3 Å². The molecule has 1 aromatic rings. The van der Waals surface area contributed by atoms with Gasteiger partial charge in [0.05, 0.1) is 0 Å². The van der Waals surface area contributed by atoms with Gasteiger partial charge in [-0.25, -0.2) is 0 Å². The highest BCUT2D eigenvalue weighted by molar-refractivity contribution is 7.83. The minimum absolute atomic E-state index is 0.209. The highest BCUT2D eigenvalue weighted by Crippen LogP contribution is 2.21. The van der Waals surface area contributed by atoms with Gasteiger partial charge in [0.2, 0.25) is 0 Å². The number of carboxylic acid groups (broad SMARTS) is 1. The summed E-state index contributed by atoms with van der Waals surface area (Å²) in [7, 11) is -4.61. The first kappa shape index (κ1) is 14.6. The van der Waals surface area contributed by atoms with Gasteiger partial charge < -0.3 is 5.11 Å². The molecule has 6 nitrogen and oxygen atoms in total. The monoisotopic (exact) mass is 273 g/mol. The Kier molecular flexibility index (Phi) is 4.10. The van der Waals surface area contributed by atoms with Crippen LogP contribution in [0, 0.1) is 0 Å². The van der Waals surface area contributed by atoms with Crippen molar-refractivity contribution in [2.75, 3.05) is 0 Å². The second kappa shape index (κ2) is 5.05. The second-order valence-electron chi connectivity index (χ2n) is 4.33. The fourth-order valence-electron chi connectivity index (χ4n) is 1.42. The number of hydrogen-bond acceptors (Lipinski definition) is 3. The summed E-state index contributed by atoms with van der Waals surface area (Å²) in [5, 5.41) is 9.04. The van der Waals surface area contributed by atoms with Gasteiger partial charge in [-0.15, -0.1) is 0 Å². The minimum atomic E-state index is -4.61. The third-order valence-electron chi connectivity index (χ3n) is 2.59. The smallest absolute Gasteiger partial charge is 0.337 e. The van der Waals surface area contributed by atoms with Crippen LogP contribution in [0.1, 0.15) is 19.4 Å². The van der Waals surface area contributed by atoms with Crippen molar-refractivity contribution in [2.24, 2.45) is 0 Å². The molecule has 0 bridgehead atoms. The van der Waals surface area contributed by atoms with Crippen molar-refractivity contribution in [1.82, 2.24) is 4.31 Å². The Labute approximate surface area is 106 Å². The SMILES string of the molecule is CC(C)(C(=O)O)N(Cc1ccccc1)S(=O)(=O)O. The number of rotatable bonds is 5. The molecule has 0 amide bonds. The lowest BCUT2D eigenvalue weighted by atomic mass is 10.1. The fourth-order valence-corrected chi connectivity index (χ4v) is 2.39. The molecule has 0 spiro atoms. The van der Waals surface area contributed by atoms with E-state index < -0.39 is 21.8 Å². The van der Waals surface area contributed by atoms with Crippen molar-refractivity contribution in [3.63, 3.8) is 0 Å². The zero-order chi connectivity index (χ0) is 14.0. The highest BCUT2D eigenvalue weighted by atomic mass is 32.2. The summed E-state index contributed by atoms with van der Waals surface area (Å²) in [5.74, 6) is -1.34. The van der Waals surface area contributed by atoms with E-state index in [0.29, 0.717) is 9.87 Å². The third-order valence-corrected chi connectivity index (χ3v) is 3.74. The number of benzene rings is 1. The molecular formula is C11H15NO5S. The van der Waals surface area contributed by atoms with E-state index in [4.69, 9.17) is 9.66 Å². The predicted molar refractivity (Wildman–Crippen MR) is 65.2 cm³/mol. The molecule has 18 heavy (non-hydrogen) atoms. The summed E-state index contributed by atoms with van der Waals surface area (Å²) in [6, 6.07) is 8.45. The molecule has 0 atom stereocenters. The maximum absolute atomic E-state index is 11.3. The van der Waals surface area contributed by atoms with Gasteiger partial charge in [0.15, 0.2) is 0 Å². The number of aliphatic carboxylic acids is 1. The topological polar surface area (TPSA) is 94.9 Å². The molecule has 0 radical (unpaired) electrons. The van der Waals surface area contributed by atoms with E-state index in [1.807, 2.05) is 0 Å². The van der Waals surface area contributed by atoms with Crippen molar-refractivity contribution < 1.29 is 22.9 Å². The zero-order valence-corrected chi connectivity index (χ0v) is 10.9. The van der Waals surface area contributed by atoms with Crippen LogP contribution in [0.2, 0.25) is 0 Å². The molecule has 0 aliphatic heterocycles. The zero-order valence-electron chi connectivity index (χ0n) is 10.1. The fraction of sp³-hybridized carbons (Fsp3) is 0.364. The summed E-state index contributed by atoms with van der Waals surface area (Å²) < 4.78 is 32.3. The van der Waals surface area contributed by atoms with Crippen molar-refractivity contribution in [1.29, 1.82) is 0 Å². The molecule has 0 aliphatic carbocycles. The summed E-state index contributed by atoms with van der Waals surface area (Å²) >= 11 is 0. The van der Waals surface area contributed by atoms with Crippen LogP contribution >= 0.6 is 0 Å². The van der Waals surface area contributed by atoms with Crippen LogP contribution in [0.3, 0.4) is 0 Å². The lowest BCUT2D eigenvalue weighted by Crippen LogP contribution is -2.52. The highest BCUT2D eigenvalue weighted by Gasteiger charge is 2.41. The predicted octanol–water partition coefficient (Wildman–Crippen LogP) is 1.15. The molecule has 1 aromatic carbocycles. The summed E-state index contributed by atoms with van der Waals surface area (Å²) in [6.07, 6.45) is 0. The molecule has 0 aromatic heterocycles. The van der Waals surface area contributed by atoms with E-state index in [9.17, 15) is 13.2 Å². The minimum Gasteiger partial charge on any atom is -0.480 e. The van der Waals surface area contributed by atoms with Crippen molar-refractivity contribution in [3.8, 4) is 0 Å². The number of nitrogens with zero attached hydrogens (tertiary/aromatic N) is 1. The summed E-state index contributed by atoms with van der Waals surface area (Å²) in [5.41, 5.74) is -1.15. The molecule has 0 unspecified atom stereocenters. The first-order valence-corrected chi connectivity index (χ1v) is 6.58. The summed E-state index contributed by atoms with van der Waals surface area (Å²) in [4.78, 5) is 11.1. The van der Waals surface area contributed by atoms with Gasteiger partial charge in [-0.05, 0) is 19.4 Å². The van der Waals surface area contributed by atoms with E-state index in [-0.39, 0.29) is 6.54 Å². The normalized spacial score (nSPS) is 12.7. The van der Waals surface area contributed by atoms with Crippen LogP contribution < -0.4 is 0 Å². The van der Waals surface area contributed by atoms with Crippen molar-refractivity contribution >= 4 is 16.3 Å². The molecular weight excluding hydrogens is 258 g/mol. The van der Waals surface area contributed by atoms with E-state index in [0.717, 1.165) is 0 Å². The Morgan fingerprint density at radius 1 is 1.28 bits per heavy atom. The molecule has 0 heterocycles. The Balaban J connectivity index is 3.13. The largest absolute Gasteiger partial charge is 0.480 e. The van der Waals surface area contributed by atoms with E-state index in [1.165, 1.54) is 13.8 Å². The first-order chi connectivity index (χ1) is 8.15. The number of carbonyl (C=O) groups is 1. The lowest BCUT2D eigenvalue weighted by molar-refractivity contribution is -0.146. The molecule has 0 saturated carbocycles. The standard InChI is InChI=1S/C11H15NO5S/c1-11(2,10(13)14)12(18(15,16)17)8-9-6-4-3-5-7-9/h3-7H,8H2,1-2H3,(H,13,14)(H,15,16,17). The van der Waals surface area contributed by atoms with Gasteiger partial charge >= 0.3 is 16.3 Å². The van der Waals surface area contributed by atoms with E-state index >= 15 is 0 Å². The third kappa shape index (κ3) is 3.28. The molecule has 7 heteroatoms. The second-order valence-corrected chi connectivity index (χ2v) is 5.67. The van der Waals surface area contributed by atoms with Crippen LogP contribution in [-0.2, 0) is 21.6 Å². The van der Waals surface area contributed by atoms with Crippen LogP contribution in [0.4, 0.5) is 0 Å². The van der Waals surface area contributed by atoms with Gasteiger partial charge in [0.25, 0.3) is 0 Å². The van der Waals surface area contributed by atoms with E-state index in [1.54, 1.807) is 30.3 Å². The van der Waals surface area contributed by atoms with Gasteiger partial charge in [0, 0.05) is 6.54 Å². The maximum atomic E-state index is 11.3. The Bertz CT molecular complexity index is 524. The van der Waals surface area contributed by atoms with Gasteiger partial charge in [-0.2, -0.15) is 12.7 Å². The molecule has 1 rings (SSSR count). The molecule has 0 fully saturated rings. The first-order valence-electron chi connectivity index (χ1n) is 5.18. The quantitative estimate of drug-likeness (QED) is 0.785. The van der Waals surface area contributed by atoms with Crippen LogP contribution in [-0.4, -0.2) is 33.9 Å². The number of carboxylic acids is 1. The molecule has 2 N–H and O–H groups in total. The average molecular weight is 273 g/mol. The maximum Gasteiger partial charge on any atom is 0.337 e. The lowest BCUT2D eigenvalue weighted by Gasteiger charge is -2.31. The van der Waals surface area contributed by atoms with Crippen molar-refractivity contribution in [2.45, 2.75) is 25.9 Å². The average Bonchev–Trinajstić information content (AvgIpc) is 2.25. The Hall–Kier alpha value is -1.44. The van der Waals surface area contributed by atoms with Crippen molar-refractivity contribution in [3.05, 3.63) is 35.9 Å². The molecule has 0 saturated heterocycles. The Morgan fingerprint density at radius 2 is 1.78 bits per heavy atom. The molecule has 0 aliphatic rings. The summed E-state index contributed by atoms with van der Waals surface area (Å²) in [6.45, 7) is 2.22. The van der Waals surface area contributed by atoms with Crippen LogP contribution in [0.5, 0.6) is 0 Å². The van der Waals surface area contributed by atoms with Gasteiger partial charge in [0.1, 0.15) is 5.54 Å². The van der Waals surface area contributed by atoms with Crippen LogP contribution in [0.25, 0.3) is 0 Å². The van der Waals surface area contributed by atoms with Crippen LogP contribution in [0.15, 0.2) is 30.3 Å². The van der Waals surface area contributed by atoms with E-state index in [2.05, 4.69) is 0 Å². The Morgan fingerprint density at radius 3 is 2.17 bits per heavy atom. The van der Waals surface area contributed by atoms with Gasteiger partial charge in [-0.3, -0.25) is 9.35 Å². The number of hydrogen-bond donors (Lipinski definition) is 2. The molecule has 100 valence electrons.